The topological polar surface area (TPSA) is 24.9 Å². The molecule has 0 spiro atoms. The zero-order valence-electron chi connectivity index (χ0n) is 11.2. The van der Waals surface area contributed by atoms with Gasteiger partial charge in [0.15, 0.2) is 0 Å². The first-order valence-electron chi connectivity index (χ1n) is 6.57. The molecule has 2 aromatic carbocycles. The van der Waals surface area contributed by atoms with E-state index >= 15 is 0 Å². The first kappa shape index (κ1) is 13.4. The highest BCUT2D eigenvalue weighted by Gasteiger charge is 2.03. The maximum Gasteiger partial charge on any atom is 0.0705 e. The van der Waals surface area contributed by atoms with Gasteiger partial charge in [0.05, 0.1) is 5.52 Å². The Morgan fingerprint density at radius 1 is 1.10 bits per heavy atom. The van der Waals surface area contributed by atoms with Crippen molar-refractivity contribution in [1.29, 1.82) is 0 Å². The van der Waals surface area contributed by atoms with Gasteiger partial charge in [0.25, 0.3) is 0 Å². The number of fused-ring (bicyclic) bond motifs is 1. The van der Waals surface area contributed by atoms with E-state index in [1.807, 2.05) is 12.3 Å². The van der Waals surface area contributed by atoms with Crippen LogP contribution in [0.4, 0.5) is 5.69 Å². The molecule has 3 aromatic rings. The Morgan fingerprint density at radius 2 is 1.95 bits per heavy atom. The monoisotopic (exact) mass is 374 g/mol. The number of pyridine rings is 1. The molecule has 0 atom stereocenters. The van der Waals surface area contributed by atoms with Gasteiger partial charge in [0.1, 0.15) is 0 Å². The molecule has 0 radical (unpaired) electrons. The number of para-hydroxylation sites is 1. The molecule has 0 fully saturated rings. The number of halogens is 1. The fourth-order valence-electron chi connectivity index (χ4n) is 2.33. The van der Waals surface area contributed by atoms with Crippen LogP contribution in [0.15, 0.2) is 54.7 Å². The van der Waals surface area contributed by atoms with Gasteiger partial charge >= 0.3 is 0 Å². The van der Waals surface area contributed by atoms with Crippen LogP contribution in [0.2, 0.25) is 0 Å². The number of benzene rings is 2. The van der Waals surface area contributed by atoms with E-state index in [1.165, 1.54) is 25.8 Å². The van der Waals surface area contributed by atoms with Gasteiger partial charge in [-0.25, -0.2) is 0 Å². The summed E-state index contributed by atoms with van der Waals surface area (Å²) >= 11 is 2.34. The SMILES string of the molecule is Cc1cc(I)ccc1NCc1ccnc2ccccc12. The van der Waals surface area contributed by atoms with Gasteiger partial charge in [-0.2, -0.15) is 0 Å². The Balaban J connectivity index is 1.87. The summed E-state index contributed by atoms with van der Waals surface area (Å²) in [6, 6.07) is 16.8. The third-order valence-corrected chi connectivity index (χ3v) is 4.07. The molecular formula is C17H15IN2. The van der Waals surface area contributed by atoms with Crippen molar-refractivity contribution in [3.05, 3.63) is 69.4 Å². The van der Waals surface area contributed by atoms with Crippen molar-refractivity contribution in [3.63, 3.8) is 0 Å². The molecule has 20 heavy (non-hydrogen) atoms. The molecule has 1 heterocycles. The van der Waals surface area contributed by atoms with Crippen molar-refractivity contribution in [2.45, 2.75) is 13.5 Å². The molecule has 2 nitrogen and oxygen atoms in total. The highest BCUT2D eigenvalue weighted by molar-refractivity contribution is 14.1. The van der Waals surface area contributed by atoms with Crippen molar-refractivity contribution in [1.82, 2.24) is 4.98 Å². The first-order chi connectivity index (χ1) is 9.74. The van der Waals surface area contributed by atoms with Crippen LogP contribution in [0.5, 0.6) is 0 Å². The Hall–Kier alpha value is -1.62. The average molecular weight is 374 g/mol. The van der Waals surface area contributed by atoms with E-state index in [0.29, 0.717) is 0 Å². The molecule has 3 rings (SSSR count). The summed E-state index contributed by atoms with van der Waals surface area (Å²) in [5.74, 6) is 0. The minimum Gasteiger partial charge on any atom is -0.381 e. The summed E-state index contributed by atoms with van der Waals surface area (Å²) in [5, 5.41) is 4.73. The van der Waals surface area contributed by atoms with E-state index in [9.17, 15) is 0 Å². The fraction of sp³-hybridized carbons (Fsp3) is 0.118. The maximum atomic E-state index is 4.40. The lowest BCUT2D eigenvalue weighted by molar-refractivity contribution is 1.15. The van der Waals surface area contributed by atoms with Crippen LogP contribution in [0.3, 0.4) is 0 Å². The lowest BCUT2D eigenvalue weighted by Gasteiger charge is -2.11. The molecule has 0 bridgehead atoms. The number of aryl methyl sites for hydroxylation is 1. The van der Waals surface area contributed by atoms with Gasteiger partial charge in [0, 0.05) is 27.4 Å². The highest BCUT2D eigenvalue weighted by Crippen LogP contribution is 2.21. The highest BCUT2D eigenvalue weighted by atomic mass is 127. The van der Waals surface area contributed by atoms with E-state index in [1.54, 1.807) is 0 Å². The summed E-state index contributed by atoms with van der Waals surface area (Å²) in [6.45, 7) is 2.94. The van der Waals surface area contributed by atoms with Crippen LogP contribution in [0.25, 0.3) is 10.9 Å². The van der Waals surface area contributed by atoms with Crippen LogP contribution in [0.1, 0.15) is 11.1 Å². The van der Waals surface area contributed by atoms with E-state index < -0.39 is 0 Å². The van der Waals surface area contributed by atoms with Crippen molar-refractivity contribution in [2.75, 3.05) is 5.32 Å². The molecule has 1 N–H and O–H groups in total. The van der Waals surface area contributed by atoms with Gasteiger partial charge < -0.3 is 5.32 Å². The normalized spacial score (nSPS) is 10.7. The molecule has 0 unspecified atom stereocenters. The van der Waals surface area contributed by atoms with E-state index in [4.69, 9.17) is 0 Å². The lowest BCUT2D eigenvalue weighted by Crippen LogP contribution is -2.02. The number of aromatic nitrogens is 1. The Bertz CT molecular complexity index is 748. The Morgan fingerprint density at radius 3 is 2.80 bits per heavy atom. The van der Waals surface area contributed by atoms with Crippen molar-refractivity contribution >= 4 is 39.2 Å². The van der Waals surface area contributed by atoms with Crippen LogP contribution in [-0.2, 0) is 6.54 Å². The Labute approximate surface area is 132 Å². The fourth-order valence-corrected chi connectivity index (χ4v) is 2.97. The number of rotatable bonds is 3. The summed E-state index contributed by atoms with van der Waals surface area (Å²) in [7, 11) is 0. The lowest BCUT2D eigenvalue weighted by atomic mass is 10.1. The second-order valence-corrected chi connectivity index (χ2v) is 6.05. The minimum absolute atomic E-state index is 0.810. The number of nitrogens with zero attached hydrogens (tertiary/aromatic N) is 1. The molecule has 0 aliphatic carbocycles. The van der Waals surface area contributed by atoms with Gasteiger partial charge in [0.2, 0.25) is 0 Å². The van der Waals surface area contributed by atoms with Gasteiger partial charge in [-0.05, 0) is 71.0 Å². The number of nitrogens with one attached hydrogen (secondary N) is 1. The van der Waals surface area contributed by atoms with Gasteiger partial charge in [-0.15, -0.1) is 0 Å². The van der Waals surface area contributed by atoms with Crippen LogP contribution >= 0.6 is 22.6 Å². The summed E-state index contributed by atoms with van der Waals surface area (Å²) in [6.07, 6.45) is 1.88. The van der Waals surface area contributed by atoms with Crippen LogP contribution < -0.4 is 5.32 Å². The smallest absolute Gasteiger partial charge is 0.0705 e. The molecular weight excluding hydrogens is 359 g/mol. The number of hydrogen-bond acceptors (Lipinski definition) is 2. The minimum atomic E-state index is 0.810. The molecule has 0 aliphatic rings. The van der Waals surface area contributed by atoms with Crippen LogP contribution in [-0.4, -0.2) is 4.98 Å². The van der Waals surface area contributed by atoms with E-state index in [2.05, 4.69) is 82.3 Å². The molecule has 1 aromatic heterocycles. The standard InChI is InChI=1S/C17H15IN2/c1-12-10-14(18)6-7-16(12)20-11-13-8-9-19-17-5-3-2-4-15(13)17/h2-10,20H,11H2,1H3. The molecule has 100 valence electrons. The maximum absolute atomic E-state index is 4.40. The first-order valence-corrected chi connectivity index (χ1v) is 7.64. The van der Waals surface area contributed by atoms with Crippen molar-refractivity contribution in [2.24, 2.45) is 0 Å². The predicted octanol–water partition coefficient (Wildman–Crippen LogP) is 4.76. The van der Waals surface area contributed by atoms with Crippen LogP contribution in [0, 0.1) is 10.5 Å². The molecule has 0 saturated heterocycles. The largest absolute Gasteiger partial charge is 0.381 e. The van der Waals surface area contributed by atoms with Gasteiger partial charge in [-0.3, -0.25) is 4.98 Å². The van der Waals surface area contributed by atoms with E-state index in [0.717, 1.165) is 12.1 Å². The van der Waals surface area contributed by atoms with Crippen molar-refractivity contribution < 1.29 is 0 Å². The Kier molecular flexibility index (Phi) is 3.87. The molecule has 0 amide bonds. The summed E-state index contributed by atoms with van der Waals surface area (Å²) < 4.78 is 1.26. The zero-order chi connectivity index (χ0) is 13.9. The third kappa shape index (κ3) is 2.77. The predicted molar refractivity (Wildman–Crippen MR) is 93.0 cm³/mol. The number of hydrogen-bond donors (Lipinski definition) is 1. The van der Waals surface area contributed by atoms with E-state index in [-0.39, 0.29) is 0 Å². The zero-order valence-corrected chi connectivity index (χ0v) is 13.4. The average Bonchev–Trinajstić information content (AvgIpc) is 2.46. The third-order valence-electron chi connectivity index (χ3n) is 3.40. The number of anilines is 1. The quantitative estimate of drug-likeness (QED) is 0.669. The summed E-state index contributed by atoms with van der Waals surface area (Å²) in [4.78, 5) is 4.40. The second-order valence-electron chi connectivity index (χ2n) is 4.80. The second kappa shape index (κ2) is 5.79. The molecule has 0 saturated carbocycles. The molecule has 3 heteroatoms. The van der Waals surface area contributed by atoms with Crippen molar-refractivity contribution in [3.8, 4) is 0 Å². The van der Waals surface area contributed by atoms with Gasteiger partial charge in [-0.1, -0.05) is 18.2 Å². The summed E-state index contributed by atoms with van der Waals surface area (Å²) in [5.41, 5.74) is 4.78. The molecule has 0 aliphatic heterocycles.